The highest BCUT2D eigenvalue weighted by molar-refractivity contribution is 9.10. The van der Waals surface area contributed by atoms with Crippen molar-refractivity contribution in [3.05, 3.63) is 45.7 Å². The molecule has 0 aliphatic heterocycles. The lowest BCUT2D eigenvalue weighted by molar-refractivity contribution is 0.0696. The van der Waals surface area contributed by atoms with Crippen LogP contribution in [0.2, 0.25) is 0 Å². The van der Waals surface area contributed by atoms with E-state index in [1.165, 1.54) is 24.3 Å². The Morgan fingerprint density at radius 3 is 2.63 bits per heavy atom. The maximum Gasteiger partial charge on any atom is 0.336 e. The fraction of sp³-hybridized carbons (Fsp3) is 0. The lowest BCUT2D eigenvalue weighted by atomic mass is 10.2. The second kappa shape index (κ2) is 5.32. The molecule has 0 aliphatic carbocycles. The minimum absolute atomic E-state index is 0.00798. The van der Waals surface area contributed by atoms with E-state index in [2.05, 4.69) is 20.7 Å². The van der Waals surface area contributed by atoms with Crippen molar-refractivity contribution in [1.82, 2.24) is 0 Å². The summed E-state index contributed by atoms with van der Waals surface area (Å²) in [6.45, 7) is 0. The van der Waals surface area contributed by atoms with E-state index in [1.807, 2.05) is 0 Å². The second-order valence-electron chi connectivity index (χ2n) is 3.54. The van der Waals surface area contributed by atoms with Crippen LogP contribution >= 0.6 is 27.3 Å². The molecule has 0 fully saturated rings. The van der Waals surface area contributed by atoms with Gasteiger partial charge in [-0.3, -0.25) is 4.72 Å². The number of sulfonamides is 1. The van der Waals surface area contributed by atoms with Crippen molar-refractivity contribution in [3.8, 4) is 0 Å². The van der Waals surface area contributed by atoms with E-state index in [4.69, 9.17) is 5.11 Å². The summed E-state index contributed by atoms with van der Waals surface area (Å²) in [5.41, 5.74) is 0.195. The molecule has 1 aromatic carbocycles. The van der Waals surface area contributed by atoms with Crippen LogP contribution in [0, 0.1) is 0 Å². The summed E-state index contributed by atoms with van der Waals surface area (Å²) in [7, 11) is -3.67. The molecule has 8 heteroatoms. The minimum atomic E-state index is -3.67. The summed E-state index contributed by atoms with van der Waals surface area (Å²) < 4.78 is 26.8. The predicted molar refractivity (Wildman–Crippen MR) is 76.2 cm³/mol. The fourth-order valence-electron chi connectivity index (χ4n) is 1.37. The van der Waals surface area contributed by atoms with Crippen LogP contribution in [0.1, 0.15) is 10.4 Å². The Labute approximate surface area is 122 Å². The van der Waals surface area contributed by atoms with Gasteiger partial charge in [0.15, 0.2) is 0 Å². The quantitative estimate of drug-likeness (QED) is 0.876. The van der Waals surface area contributed by atoms with Gasteiger partial charge < -0.3 is 5.11 Å². The molecule has 5 nitrogen and oxygen atoms in total. The summed E-state index contributed by atoms with van der Waals surface area (Å²) in [5.74, 6) is -1.14. The summed E-state index contributed by atoms with van der Waals surface area (Å²) in [6.07, 6.45) is 0. The summed E-state index contributed by atoms with van der Waals surface area (Å²) in [4.78, 5) is 11.0. The lowest BCUT2D eigenvalue weighted by Gasteiger charge is -2.08. The van der Waals surface area contributed by atoms with Crippen molar-refractivity contribution in [1.29, 1.82) is 0 Å². The molecule has 0 aliphatic rings. The van der Waals surface area contributed by atoms with E-state index in [0.717, 1.165) is 11.3 Å². The molecule has 0 saturated heterocycles. The predicted octanol–water partition coefficient (Wildman–Crippen LogP) is 3.01. The Hall–Kier alpha value is -1.38. The highest BCUT2D eigenvalue weighted by atomic mass is 79.9. The van der Waals surface area contributed by atoms with E-state index in [0.29, 0.717) is 4.47 Å². The molecule has 19 heavy (non-hydrogen) atoms. The topological polar surface area (TPSA) is 83.5 Å². The van der Waals surface area contributed by atoms with Crippen LogP contribution in [-0.2, 0) is 10.0 Å². The summed E-state index contributed by atoms with van der Waals surface area (Å²) in [5, 5.41) is 10.6. The average Bonchev–Trinajstić information content (AvgIpc) is 2.85. The van der Waals surface area contributed by atoms with E-state index < -0.39 is 16.0 Å². The molecule has 0 spiro atoms. The van der Waals surface area contributed by atoms with Crippen molar-refractivity contribution in [3.63, 3.8) is 0 Å². The van der Waals surface area contributed by atoms with Gasteiger partial charge in [-0.05, 0) is 45.6 Å². The summed E-state index contributed by atoms with van der Waals surface area (Å²) >= 11 is 4.18. The SMILES string of the molecule is O=C(O)c1cc(NS(=O)(=O)c2cccs2)ccc1Br. The number of carbonyl (C=O) groups is 1. The van der Waals surface area contributed by atoms with Crippen LogP contribution in [-0.4, -0.2) is 19.5 Å². The lowest BCUT2D eigenvalue weighted by Crippen LogP contribution is -2.12. The van der Waals surface area contributed by atoms with Gasteiger partial charge >= 0.3 is 5.97 Å². The average molecular weight is 362 g/mol. The zero-order valence-electron chi connectivity index (χ0n) is 9.33. The number of hydrogen-bond acceptors (Lipinski definition) is 4. The highest BCUT2D eigenvalue weighted by Gasteiger charge is 2.16. The van der Waals surface area contributed by atoms with Crippen molar-refractivity contribution in [2.75, 3.05) is 4.72 Å². The third-order valence-corrected chi connectivity index (χ3v) is 5.68. The Balaban J connectivity index is 2.35. The second-order valence-corrected chi connectivity index (χ2v) is 7.25. The fourth-order valence-corrected chi connectivity index (χ4v) is 3.83. The zero-order valence-corrected chi connectivity index (χ0v) is 12.5. The maximum absolute atomic E-state index is 12.0. The first kappa shape index (κ1) is 14.0. The van der Waals surface area contributed by atoms with Gasteiger partial charge in [-0.15, -0.1) is 11.3 Å². The van der Waals surface area contributed by atoms with Crippen LogP contribution in [0.5, 0.6) is 0 Å². The zero-order chi connectivity index (χ0) is 14.0. The maximum atomic E-state index is 12.0. The Bertz CT molecular complexity index is 710. The highest BCUT2D eigenvalue weighted by Crippen LogP contribution is 2.24. The first-order valence-corrected chi connectivity index (χ1v) is 8.15. The number of aromatic carboxylic acids is 1. The van der Waals surface area contributed by atoms with Gasteiger partial charge in [0.2, 0.25) is 0 Å². The van der Waals surface area contributed by atoms with Crippen molar-refractivity contribution >= 4 is 48.9 Å². The Morgan fingerprint density at radius 2 is 2.05 bits per heavy atom. The van der Waals surface area contributed by atoms with Crippen molar-refractivity contribution in [2.24, 2.45) is 0 Å². The molecule has 1 heterocycles. The van der Waals surface area contributed by atoms with Crippen LogP contribution in [0.25, 0.3) is 0 Å². The first-order chi connectivity index (χ1) is 8.90. The molecule has 2 rings (SSSR count). The first-order valence-electron chi connectivity index (χ1n) is 4.99. The van der Waals surface area contributed by atoms with Gasteiger partial charge in [0.25, 0.3) is 10.0 Å². The normalized spacial score (nSPS) is 11.2. The number of carboxylic acids is 1. The van der Waals surface area contributed by atoms with Crippen LogP contribution in [0.3, 0.4) is 0 Å². The molecule has 100 valence electrons. The molecular formula is C11H8BrNO4S2. The number of nitrogens with one attached hydrogen (secondary N) is 1. The third kappa shape index (κ3) is 3.14. The number of carboxylic acid groups (broad SMARTS) is 1. The molecule has 0 amide bonds. The van der Waals surface area contributed by atoms with Gasteiger partial charge in [0, 0.05) is 10.2 Å². The Morgan fingerprint density at radius 1 is 1.32 bits per heavy atom. The molecule has 0 saturated carbocycles. The number of benzene rings is 1. The van der Waals surface area contributed by atoms with E-state index in [-0.39, 0.29) is 15.5 Å². The van der Waals surface area contributed by atoms with E-state index in [9.17, 15) is 13.2 Å². The number of anilines is 1. The van der Waals surface area contributed by atoms with Crippen LogP contribution in [0.4, 0.5) is 5.69 Å². The molecule has 0 unspecified atom stereocenters. The van der Waals surface area contributed by atoms with Gasteiger partial charge in [-0.1, -0.05) is 6.07 Å². The molecule has 1 aromatic heterocycles. The number of thiophene rings is 1. The Kier molecular flexibility index (Phi) is 3.93. The minimum Gasteiger partial charge on any atom is -0.478 e. The standard InChI is InChI=1S/C11H8BrNO4S2/c12-9-4-3-7(6-8(9)11(14)15)13-19(16,17)10-2-1-5-18-10/h1-6,13H,(H,14,15). The molecule has 0 atom stereocenters. The van der Waals surface area contributed by atoms with Crippen molar-refractivity contribution in [2.45, 2.75) is 4.21 Å². The number of rotatable bonds is 4. The molecule has 0 radical (unpaired) electrons. The van der Waals surface area contributed by atoms with E-state index >= 15 is 0 Å². The van der Waals surface area contributed by atoms with Gasteiger partial charge in [0.05, 0.1) is 5.56 Å². The van der Waals surface area contributed by atoms with Crippen LogP contribution in [0.15, 0.2) is 44.4 Å². The molecule has 2 aromatic rings. The molecule has 0 bridgehead atoms. The smallest absolute Gasteiger partial charge is 0.336 e. The number of hydrogen-bond donors (Lipinski definition) is 2. The van der Waals surface area contributed by atoms with Gasteiger partial charge in [0.1, 0.15) is 4.21 Å². The third-order valence-electron chi connectivity index (χ3n) is 2.21. The number of halogens is 1. The summed E-state index contributed by atoms with van der Waals surface area (Å²) in [6, 6.07) is 7.34. The monoisotopic (exact) mass is 361 g/mol. The molecular weight excluding hydrogens is 354 g/mol. The molecule has 2 N–H and O–H groups in total. The van der Waals surface area contributed by atoms with Gasteiger partial charge in [-0.25, -0.2) is 13.2 Å². The van der Waals surface area contributed by atoms with Crippen LogP contribution < -0.4 is 4.72 Å². The van der Waals surface area contributed by atoms with Crippen molar-refractivity contribution < 1.29 is 18.3 Å². The largest absolute Gasteiger partial charge is 0.478 e. The van der Waals surface area contributed by atoms with E-state index in [1.54, 1.807) is 11.4 Å². The van der Waals surface area contributed by atoms with Gasteiger partial charge in [-0.2, -0.15) is 0 Å².